The first-order valence-corrected chi connectivity index (χ1v) is 5.15. The smallest absolute Gasteiger partial charge is 0.459 e. The van der Waals surface area contributed by atoms with Gasteiger partial charge in [-0.15, -0.1) is 13.2 Å². The van der Waals surface area contributed by atoms with Crippen molar-refractivity contribution in [1.29, 1.82) is 0 Å². The zero-order valence-electron chi connectivity index (χ0n) is 10.3. The number of rotatable bonds is 5. The van der Waals surface area contributed by atoms with Crippen molar-refractivity contribution in [1.82, 2.24) is 0 Å². The van der Waals surface area contributed by atoms with Crippen LogP contribution in [0.15, 0.2) is 12.2 Å². The lowest BCUT2D eigenvalue weighted by Gasteiger charge is -2.26. The summed E-state index contributed by atoms with van der Waals surface area (Å²) in [6, 6.07) is 0. The average molecular weight is 254 g/mol. The van der Waals surface area contributed by atoms with Gasteiger partial charge in [0.2, 0.25) is 0 Å². The van der Waals surface area contributed by atoms with Gasteiger partial charge in [-0.25, -0.2) is 4.79 Å². The normalized spacial score (nSPS) is 17.1. The van der Waals surface area contributed by atoms with Crippen molar-refractivity contribution in [3.05, 3.63) is 12.2 Å². The maximum absolute atomic E-state index is 12.0. The van der Waals surface area contributed by atoms with Gasteiger partial charge < -0.3 is 4.74 Å². The van der Waals surface area contributed by atoms with E-state index in [4.69, 9.17) is 4.74 Å². The molecule has 0 aromatic heterocycles. The first-order valence-electron chi connectivity index (χ1n) is 5.15. The van der Waals surface area contributed by atoms with Crippen LogP contribution < -0.4 is 0 Å². The van der Waals surface area contributed by atoms with Gasteiger partial charge in [-0.05, 0) is 20.8 Å². The fourth-order valence-electron chi connectivity index (χ4n) is 1.08. The summed E-state index contributed by atoms with van der Waals surface area (Å²) in [5, 5.41) is 0. The van der Waals surface area contributed by atoms with Crippen LogP contribution in [-0.4, -0.2) is 24.5 Å². The number of hydrogen-bond donors (Lipinski definition) is 0. The van der Waals surface area contributed by atoms with E-state index in [9.17, 15) is 18.0 Å². The highest BCUT2D eigenvalue weighted by Gasteiger charge is 2.35. The lowest BCUT2D eigenvalue weighted by molar-refractivity contribution is -0.347. The average Bonchev–Trinajstić information content (AvgIpc) is 2.13. The van der Waals surface area contributed by atoms with E-state index >= 15 is 0 Å². The molecule has 0 aliphatic carbocycles. The van der Waals surface area contributed by atoms with Gasteiger partial charge in [-0.1, -0.05) is 13.5 Å². The van der Waals surface area contributed by atoms with Crippen LogP contribution in [-0.2, 0) is 14.3 Å². The molecule has 0 saturated carbocycles. The third-order valence-electron chi connectivity index (χ3n) is 2.44. The molecule has 0 amide bonds. The Morgan fingerprint density at radius 1 is 1.18 bits per heavy atom. The summed E-state index contributed by atoms with van der Waals surface area (Å²) in [5.74, 6) is -1.21. The van der Waals surface area contributed by atoms with E-state index in [0.717, 1.165) is 0 Å². The molecular formula is C11H17F3O3. The molecule has 0 fully saturated rings. The fraction of sp³-hybridized carbons (Fsp3) is 0.727. The Kier molecular flexibility index (Phi) is 5.68. The summed E-state index contributed by atoms with van der Waals surface area (Å²) >= 11 is 0. The molecular weight excluding hydrogens is 237 g/mol. The Morgan fingerprint density at radius 2 is 1.65 bits per heavy atom. The van der Waals surface area contributed by atoms with E-state index in [1.165, 1.54) is 27.7 Å². The molecule has 0 aromatic carbocycles. The first-order chi connectivity index (χ1) is 7.54. The highest BCUT2D eigenvalue weighted by molar-refractivity contribution is 5.87. The van der Waals surface area contributed by atoms with Crippen molar-refractivity contribution in [2.75, 3.05) is 0 Å². The molecule has 0 saturated heterocycles. The van der Waals surface area contributed by atoms with Crippen LogP contribution in [0.25, 0.3) is 0 Å². The summed E-state index contributed by atoms with van der Waals surface area (Å²) in [7, 11) is 0. The molecule has 0 rings (SSSR count). The second kappa shape index (κ2) is 6.05. The molecule has 0 N–H and O–H groups in total. The van der Waals surface area contributed by atoms with E-state index in [1.54, 1.807) is 0 Å². The molecule has 0 aromatic rings. The summed E-state index contributed by atoms with van der Waals surface area (Å²) in [4.78, 5) is 11.2. The maximum Gasteiger partial charge on any atom is 0.522 e. The van der Waals surface area contributed by atoms with Crippen LogP contribution >= 0.6 is 0 Å². The van der Waals surface area contributed by atoms with Gasteiger partial charge in [-0.2, -0.15) is 0 Å². The first kappa shape index (κ1) is 16.0. The van der Waals surface area contributed by atoms with Crippen molar-refractivity contribution in [3.8, 4) is 0 Å². The van der Waals surface area contributed by atoms with Crippen molar-refractivity contribution in [2.45, 2.75) is 46.3 Å². The van der Waals surface area contributed by atoms with Crippen molar-refractivity contribution in [2.24, 2.45) is 5.92 Å². The minimum atomic E-state index is -4.69. The van der Waals surface area contributed by atoms with E-state index in [-0.39, 0.29) is 5.57 Å². The summed E-state index contributed by atoms with van der Waals surface area (Å²) in [5.41, 5.74) is 0.202. The standard InChI is InChI=1S/C11H17F3O3/c1-6(2)10(15)16-8(4)7(3)9(5)17-11(12,13)14/h7-9H,1H2,2-5H3. The summed E-state index contributed by atoms with van der Waals surface area (Å²) < 4.78 is 44.7. The molecule has 3 unspecified atom stereocenters. The zero-order chi connectivity index (χ0) is 13.8. The third kappa shape index (κ3) is 6.31. The molecule has 17 heavy (non-hydrogen) atoms. The lowest BCUT2D eigenvalue weighted by Crippen LogP contribution is -2.34. The van der Waals surface area contributed by atoms with Crippen molar-refractivity contribution >= 4 is 5.97 Å². The second-order valence-corrected chi connectivity index (χ2v) is 4.02. The number of carbonyl (C=O) groups is 1. The molecule has 0 aliphatic heterocycles. The van der Waals surface area contributed by atoms with E-state index < -0.39 is 30.5 Å². The van der Waals surface area contributed by atoms with Crippen LogP contribution in [0, 0.1) is 5.92 Å². The van der Waals surface area contributed by atoms with Gasteiger partial charge in [0.1, 0.15) is 6.10 Å². The molecule has 0 bridgehead atoms. The molecule has 0 spiro atoms. The van der Waals surface area contributed by atoms with E-state index in [2.05, 4.69) is 11.3 Å². The number of carbonyl (C=O) groups excluding carboxylic acids is 1. The van der Waals surface area contributed by atoms with Crippen molar-refractivity contribution in [3.63, 3.8) is 0 Å². The van der Waals surface area contributed by atoms with Crippen LogP contribution in [0.3, 0.4) is 0 Å². The molecule has 0 radical (unpaired) electrons. The fourth-order valence-corrected chi connectivity index (χ4v) is 1.08. The van der Waals surface area contributed by atoms with E-state index in [1.807, 2.05) is 0 Å². The Bertz CT molecular complexity index is 286. The van der Waals surface area contributed by atoms with Gasteiger partial charge in [0.25, 0.3) is 0 Å². The Labute approximate surface area is 98.6 Å². The molecule has 3 atom stereocenters. The molecule has 0 aliphatic rings. The van der Waals surface area contributed by atoms with Crippen molar-refractivity contribution < 1.29 is 27.4 Å². The Balaban J connectivity index is 4.34. The Morgan fingerprint density at radius 3 is 2.00 bits per heavy atom. The maximum atomic E-state index is 12.0. The number of ether oxygens (including phenoxy) is 2. The number of esters is 1. The van der Waals surface area contributed by atoms with Gasteiger partial charge in [-0.3, -0.25) is 4.74 Å². The monoisotopic (exact) mass is 254 g/mol. The largest absolute Gasteiger partial charge is 0.522 e. The SMILES string of the molecule is C=C(C)C(=O)OC(C)C(C)C(C)OC(F)(F)F. The molecule has 100 valence electrons. The highest BCUT2D eigenvalue weighted by Crippen LogP contribution is 2.24. The van der Waals surface area contributed by atoms with E-state index in [0.29, 0.717) is 0 Å². The lowest BCUT2D eigenvalue weighted by atomic mass is 10.0. The van der Waals surface area contributed by atoms with Crippen LogP contribution in [0.5, 0.6) is 0 Å². The topological polar surface area (TPSA) is 35.5 Å². The molecule has 6 heteroatoms. The number of alkyl halides is 3. The third-order valence-corrected chi connectivity index (χ3v) is 2.44. The van der Waals surface area contributed by atoms with Crippen LogP contribution in [0.4, 0.5) is 13.2 Å². The van der Waals surface area contributed by atoms with Gasteiger partial charge in [0.15, 0.2) is 0 Å². The van der Waals surface area contributed by atoms with Gasteiger partial charge in [0, 0.05) is 11.5 Å². The quantitative estimate of drug-likeness (QED) is 0.558. The van der Waals surface area contributed by atoms with Gasteiger partial charge in [0.05, 0.1) is 6.10 Å². The zero-order valence-corrected chi connectivity index (χ0v) is 10.3. The molecule has 0 heterocycles. The second-order valence-electron chi connectivity index (χ2n) is 4.02. The predicted molar refractivity (Wildman–Crippen MR) is 56.1 cm³/mol. The van der Waals surface area contributed by atoms with Crippen LogP contribution in [0.2, 0.25) is 0 Å². The number of hydrogen-bond acceptors (Lipinski definition) is 3. The predicted octanol–water partition coefficient (Wildman–Crippen LogP) is 3.06. The summed E-state index contributed by atoms with van der Waals surface area (Å²) in [6.45, 7) is 9.17. The summed E-state index contributed by atoms with van der Waals surface area (Å²) in [6.07, 6.45) is -6.47. The minimum absolute atomic E-state index is 0.202. The number of halogens is 3. The Hall–Kier alpha value is -1.04. The van der Waals surface area contributed by atoms with Gasteiger partial charge >= 0.3 is 12.3 Å². The van der Waals surface area contributed by atoms with Crippen LogP contribution in [0.1, 0.15) is 27.7 Å². The highest BCUT2D eigenvalue weighted by atomic mass is 19.4. The minimum Gasteiger partial charge on any atom is -0.459 e. The molecule has 3 nitrogen and oxygen atoms in total.